The first-order chi connectivity index (χ1) is 8.83. The zero-order valence-electron chi connectivity index (χ0n) is 12.6. The minimum Gasteiger partial charge on any atom is -0.317 e. The van der Waals surface area contributed by atoms with E-state index in [0.29, 0.717) is 0 Å². The third-order valence-electron chi connectivity index (χ3n) is 4.09. The number of piperidine rings is 1. The zero-order chi connectivity index (χ0) is 12.8. The molecule has 2 rings (SSSR count). The van der Waals surface area contributed by atoms with Gasteiger partial charge in [0.05, 0.1) is 0 Å². The summed E-state index contributed by atoms with van der Waals surface area (Å²) in [7, 11) is 0. The van der Waals surface area contributed by atoms with Crippen LogP contribution in [0.15, 0.2) is 24.3 Å². The Morgan fingerprint density at radius 3 is 2.05 bits per heavy atom. The highest BCUT2D eigenvalue weighted by atomic mass is 35.5. The fourth-order valence-corrected chi connectivity index (χ4v) is 2.76. The molecular weight excluding hydrogens is 291 g/mol. The van der Waals surface area contributed by atoms with Crippen LogP contribution in [0, 0.1) is 0 Å². The Hall–Kier alpha value is -0.280. The molecule has 0 bridgehead atoms. The van der Waals surface area contributed by atoms with Gasteiger partial charge >= 0.3 is 0 Å². The number of nitrogens with one attached hydrogen (secondary N) is 1. The first-order valence-corrected chi connectivity index (χ1v) is 7.35. The predicted octanol–water partition coefficient (Wildman–Crippen LogP) is 3.84. The molecule has 0 amide bonds. The van der Waals surface area contributed by atoms with Gasteiger partial charge in [-0.3, -0.25) is 4.90 Å². The Morgan fingerprint density at radius 2 is 1.55 bits per heavy atom. The van der Waals surface area contributed by atoms with E-state index in [1.807, 2.05) is 0 Å². The summed E-state index contributed by atoms with van der Waals surface area (Å²) in [6.07, 6.45) is 2.57. The average molecular weight is 319 g/mol. The molecule has 0 radical (unpaired) electrons. The molecule has 1 aromatic rings. The molecule has 1 aromatic carbocycles. The van der Waals surface area contributed by atoms with Gasteiger partial charge in [0.25, 0.3) is 0 Å². The van der Waals surface area contributed by atoms with Crippen LogP contribution in [0.4, 0.5) is 0 Å². The third kappa shape index (κ3) is 5.61. The molecule has 2 nitrogen and oxygen atoms in total. The van der Waals surface area contributed by atoms with Crippen LogP contribution in [-0.2, 0) is 6.54 Å². The minimum atomic E-state index is 0. The van der Waals surface area contributed by atoms with Gasteiger partial charge in [-0.1, -0.05) is 38.1 Å². The van der Waals surface area contributed by atoms with E-state index < -0.39 is 0 Å². The van der Waals surface area contributed by atoms with Crippen LogP contribution in [0.3, 0.4) is 0 Å². The van der Waals surface area contributed by atoms with Crippen LogP contribution < -0.4 is 5.32 Å². The number of nitrogens with zero attached hydrogens (tertiary/aromatic N) is 1. The number of halogens is 2. The van der Waals surface area contributed by atoms with Crippen molar-refractivity contribution in [2.75, 3.05) is 26.2 Å². The second-order valence-electron chi connectivity index (χ2n) is 5.23. The molecule has 0 unspecified atom stereocenters. The van der Waals surface area contributed by atoms with E-state index in [2.05, 4.69) is 48.3 Å². The second-order valence-corrected chi connectivity index (χ2v) is 5.23. The van der Waals surface area contributed by atoms with Gasteiger partial charge in [0.2, 0.25) is 0 Å². The summed E-state index contributed by atoms with van der Waals surface area (Å²) in [6, 6.07) is 9.31. The van der Waals surface area contributed by atoms with Crippen molar-refractivity contribution < 1.29 is 0 Å². The Labute approximate surface area is 136 Å². The highest BCUT2D eigenvalue weighted by molar-refractivity contribution is 5.85. The smallest absolute Gasteiger partial charge is 0.0233 e. The summed E-state index contributed by atoms with van der Waals surface area (Å²) in [5.41, 5.74) is 2.97. The Bertz CT molecular complexity index is 344. The number of hydrogen-bond acceptors (Lipinski definition) is 2. The zero-order valence-corrected chi connectivity index (χ0v) is 14.2. The van der Waals surface area contributed by atoms with Crippen LogP contribution in [0.2, 0.25) is 0 Å². The molecule has 20 heavy (non-hydrogen) atoms. The summed E-state index contributed by atoms with van der Waals surface area (Å²) in [6.45, 7) is 10.1. The molecule has 1 saturated heterocycles. The van der Waals surface area contributed by atoms with Crippen molar-refractivity contribution in [1.82, 2.24) is 10.2 Å². The summed E-state index contributed by atoms with van der Waals surface area (Å²) in [5.74, 6) is 0.772. The molecule has 0 spiro atoms. The minimum absolute atomic E-state index is 0. The van der Waals surface area contributed by atoms with E-state index in [-0.39, 0.29) is 24.8 Å². The van der Waals surface area contributed by atoms with Gasteiger partial charge < -0.3 is 5.32 Å². The van der Waals surface area contributed by atoms with Crippen molar-refractivity contribution in [2.45, 2.75) is 39.2 Å². The standard InChI is InChI=1S/C16H26N2.2ClH/c1-3-18(4-2)13-14-5-7-15(8-6-14)16-9-11-17-12-10-16;;/h5-8,16-17H,3-4,9-13H2,1-2H3;2*1H. The third-order valence-corrected chi connectivity index (χ3v) is 4.09. The lowest BCUT2D eigenvalue weighted by Crippen LogP contribution is -2.26. The monoisotopic (exact) mass is 318 g/mol. The molecule has 1 N–H and O–H groups in total. The van der Waals surface area contributed by atoms with Crippen molar-refractivity contribution in [3.8, 4) is 0 Å². The number of rotatable bonds is 5. The van der Waals surface area contributed by atoms with Gasteiger partial charge in [-0.05, 0) is 56.1 Å². The second kappa shape index (κ2) is 10.4. The van der Waals surface area contributed by atoms with Gasteiger partial charge in [-0.2, -0.15) is 0 Å². The molecule has 116 valence electrons. The highest BCUT2D eigenvalue weighted by Crippen LogP contribution is 2.25. The SMILES string of the molecule is CCN(CC)Cc1ccc(C2CCNCC2)cc1.Cl.Cl. The van der Waals surface area contributed by atoms with E-state index in [9.17, 15) is 0 Å². The normalized spacial score (nSPS) is 15.6. The maximum absolute atomic E-state index is 3.43. The Kier molecular flexibility index (Phi) is 10.3. The van der Waals surface area contributed by atoms with Crippen molar-refractivity contribution >= 4 is 24.8 Å². The molecule has 0 atom stereocenters. The van der Waals surface area contributed by atoms with Gasteiger partial charge in [-0.15, -0.1) is 24.8 Å². The maximum atomic E-state index is 3.43. The van der Waals surface area contributed by atoms with Crippen LogP contribution in [0.5, 0.6) is 0 Å². The van der Waals surface area contributed by atoms with E-state index >= 15 is 0 Å². The van der Waals surface area contributed by atoms with E-state index in [4.69, 9.17) is 0 Å². The Balaban J connectivity index is 0.00000180. The molecule has 0 aliphatic carbocycles. The van der Waals surface area contributed by atoms with Crippen molar-refractivity contribution in [1.29, 1.82) is 0 Å². The molecule has 1 fully saturated rings. The van der Waals surface area contributed by atoms with Crippen molar-refractivity contribution in [3.63, 3.8) is 0 Å². The fourth-order valence-electron chi connectivity index (χ4n) is 2.76. The lowest BCUT2D eigenvalue weighted by molar-refractivity contribution is 0.296. The Morgan fingerprint density at radius 1 is 1.00 bits per heavy atom. The first kappa shape index (κ1) is 19.7. The van der Waals surface area contributed by atoms with Crippen molar-refractivity contribution in [2.24, 2.45) is 0 Å². The molecule has 4 heteroatoms. The molecule has 0 saturated carbocycles. The van der Waals surface area contributed by atoms with Crippen LogP contribution in [0.1, 0.15) is 43.7 Å². The van der Waals surface area contributed by atoms with E-state index in [1.165, 1.54) is 37.1 Å². The largest absolute Gasteiger partial charge is 0.317 e. The topological polar surface area (TPSA) is 15.3 Å². The highest BCUT2D eigenvalue weighted by Gasteiger charge is 2.14. The number of hydrogen-bond donors (Lipinski definition) is 1. The summed E-state index contributed by atoms with van der Waals surface area (Å²) in [4.78, 5) is 2.46. The molecular formula is C16H28Cl2N2. The predicted molar refractivity (Wildman–Crippen MR) is 92.4 cm³/mol. The van der Waals surface area contributed by atoms with Crippen LogP contribution in [0.25, 0.3) is 0 Å². The number of benzene rings is 1. The van der Waals surface area contributed by atoms with Gasteiger partial charge in [0.15, 0.2) is 0 Å². The maximum Gasteiger partial charge on any atom is 0.0233 e. The quantitative estimate of drug-likeness (QED) is 0.887. The lowest BCUT2D eigenvalue weighted by atomic mass is 9.90. The summed E-state index contributed by atoms with van der Waals surface area (Å²) < 4.78 is 0. The van der Waals surface area contributed by atoms with E-state index in [0.717, 1.165) is 25.6 Å². The van der Waals surface area contributed by atoms with Crippen LogP contribution in [-0.4, -0.2) is 31.1 Å². The first-order valence-electron chi connectivity index (χ1n) is 7.35. The fraction of sp³-hybridized carbons (Fsp3) is 0.625. The van der Waals surface area contributed by atoms with Gasteiger partial charge in [-0.25, -0.2) is 0 Å². The summed E-state index contributed by atoms with van der Waals surface area (Å²) in [5, 5.41) is 3.43. The lowest BCUT2D eigenvalue weighted by Gasteiger charge is -2.23. The summed E-state index contributed by atoms with van der Waals surface area (Å²) >= 11 is 0. The molecule has 0 aromatic heterocycles. The molecule has 1 aliphatic heterocycles. The average Bonchev–Trinajstić information content (AvgIpc) is 2.46. The molecule has 1 aliphatic rings. The van der Waals surface area contributed by atoms with Gasteiger partial charge in [0.1, 0.15) is 0 Å². The van der Waals surface area contributed by atoms with E-state index in [1.54, 1.807) is 0 Å². The molecule has 1 heterocycles. The van der Waals surface area contributed by atoms with Crippen molar-refractivity contribution in [3.05, 3.63) is 35.4 Å². The van der Waals surface area contributed by atoms with Crippen LogP contribution >= 0.6 is 24.8 Å². The van der Waals surface area contributed by atoms with Gasteiger partial charge in [0, 0.05) is 6.54 Å².